The Bertz CT molecular complexity index is 422. The largest absolute Gasteiger partial charge is 0.379 e. The van der Waals surface area contributed by atoms with Gasteiger partial charge in [-0.05, 0) is 25.1 Å². The lowest BCUT2D eigenvalue weighted by Gasteiger charge is -2.17. The zero-order chi connectivity index (χ0) is 13.0. The van der Waals surface area contributed by atoms with Crippen LogP contribution in [0.2, 0.25) is 5.02 Å². The van der Waals surface area contributed by atoms with E-state index in [0.29, 0.717) is 23.8 Å². The second kappa shape index (κ2) is 6.32. The predicted octanol–water partition coefficient (Wildman–Crippen LogP) is 2.54. The molecule has 1 aromatic rings. The van der Waals surface area contributed by atoms with Gasteiger partial charge in [-0.2, -0.15) is 0 Å². The molecule has 2 unspecified atom stereocenters. The first kappa shape index (κ1) is 13.5. The van der Waals surface area contributed by atoms with Crippen molar-refractivity contribution in [1.29, 1.82) is 0 Å². The molecule has 1 aliphatic heterocycles. The summed E-state index contributed by atoms with van der Waals surface area (Å²) in [5.74, 6) is 0.0126. The van der Waals surface area contributed by atoms with Gasteiger partial charge in [0.1, 0.15) is 0 Å². The monoisotopic (exact) mass is 267 g/mol. The van der Waals surface area contributed by atoms with Gasteiger partial charge >= 0.3 is 0 Å². The molecule has 18 heavy (non-hydrogen) atoms. The number of halogens is 1. The van der Waals surface area contributed by atoms with Crippen LogP contribution in [0.3, 0.4) is 0 Å². The molecule has 0 radical (unpaired) electrons. The van der Waals surface area contributed by atoms with Crippen molar-refractivity contribution in [3.8, 4) is 0 Å². The van der Waals surface area contributed by atoms with E-state index in [4.69, 9.17) is 16.3 Å². The molecule has 2 rings (SSSR count). The zero-order valence-electron chi connectivity index (χ0n) is 10.5. The van der Waals surface area contributed by atoms with Crippen LogP contribution in [-0.2, 0) is 4.74 Å². The third kappa shape index (κ3) is 3.10. The molecule has 0 amide bonds. The van der Waals surface area contributed by atoms with E-state index in [1.807, 2.05) is 6.07 Å². The van der Waals surface area contributed by atoms with Gasteiger partial charge in [0.25, 0.3) is 0 Å². The van der Waals surface area contributed by atoms with Crippen molar-refractivity contribution in [3.63, 3.8) is 0 Å². The van der Waals surface area contributed by atoms with E-state index in [-0.39, 0.29) is 17.7 Å². The van der Waals surface area contributed by atoms with Gasteiger partial charge in [0.15, 0.2) is 5.78 Å². The molecule has 0 spiro atoms. The molecule has 1 saturated heterocycles. The lowest BCUT2D eigenvalue weighted by atomic mass is 9.93. The van der Waals surface area contributed by atoms with Crippen molar-refractivity contribution in [3.05, 3.63) is 34.9 Å². The van der Waals surface area contributed by atoms with Gasteiger partial charge in [0.2, 0.25) is 0 Å². The predicted molar refractivity (Wildman–Crippen MR) is 72.2 cm³/mol. The first-order valence-electron chi connectivity index (χ1n) is 6.33. The summed E-state index contributed by atoms with van der Waals surface area (Å²) in [6.45, 7) is 4.12. The Kier molecular flexibility index (Phi) is 4.75. The van der Waals surface area contributed by atoms with Crippen LogP contribution in [-0.4, -0.2) is 31.6 Å². The Morgan fingerprint density at radius 1 is 1.50 bits per heavy atom. The fraction of sp³-hybridized carbons (Fsp3) is 0.500. The van der Waals surface area contributed by atoms with Crippen molar-refractivity contribution in [2.75, 3.05) is 19.8 Å². The Morgan fingerprint density at radius 3 is 3.06 bits per heavy atom. The van der Waals surface area contributed by atoms with E-state index >= 15 is 0 Å². The Labute approximate surface area is 112 Å². The average Bonchev–Trinajstić information content (AvgIpc) is 2.83. The third-order valence-electron chi connectivity index (χ3n) is 3.18. The summed E-state index contributed by atoms with van der Waals surface area (Å²) < 4.78 is 5.42. The highest BCUT2D eigenvalue weighted by Crippen LogP contribution is 2.21. The molecule has 1 aromatic carbocycles. The van der Waals surface area contributed by atoms with Crippen LogP contribution in [0.1, 0.15) is 23.7 Å². The number of benzene rings is 1. The second-order valence-electron chi connectivity index (χ2n) is 4.58. The molecule has 1 N–H and O–H groups in total. The van der Waals surface area contributed by atoms with E-state index in [1.54, 1.807) is 18.2 Å². The number of rotatable bonds is 5. The van der Waals surface area contributed by atoms with Crippen LogP contribution >= 0.6 is 11.6 Å². The highest BCUT2D eigenvalue weighted by molar-refractivity contribution is 6.31. The molecule has 1 fully saturated rings. The first-order valence-corrected chi connectivity index (χ1v) is 6.71. The smallest absolute Gasteiger partial charge is 0.169 e. The number of nitrogens with one attached hydrogen (secondary N) is 1. The summed E-state index contributed by atoms with van der Waals surface area (Å²) in [5, 5.41) is 3.96. The van der Waals surface area contributed by atoms with Crippen LogP contribution in [0.15, 0.2) is 24.3 Å². The molecular formula is C14H18ClNO2. The topological polar surface area (TPSA) is 38.3 Å². The zero-order valence-corrected chi connectivity index (χ0v) is 11.2. The summed E-state index contributed by atoms with van der Waals surface area (Å²) in [6.07, 6.45) is 1.05. The van der Waals surface area contributed by atoms with Crippen LogP contribution in [0.5, 0.6) is 0 Å². The Balaban J connectivity index is 2.08. The normalized spacial score (nSPS) is 23.2. The fourth-order valence-electron chi connectivity index (χ4n) is 2.20. The summed E-state index contributed by atoms with van der Waals surface area (Å²) in [4.78, 5) is 12.4. The van der Waals surface area contributed by atoms with Gasteiger partial charge in [0, 0.05) is 16.6 Å². The van der Waals surface area contributed by atoms with Crippen molar-refractivity contribution in [1.82, 2.24) is 5.32 Å². The molecule has 0 bridgehead atoms. The number of hydrogen-bond donors (Lipinski definition) is 1. The van der Waals surface area contributed by atoms with E-state index in [0.717, 1.165) is 13.0 Å². The van der Waals surface area contributed by atoms with Crippen LogP contribution in [0.25, 0.3) is 0 Å². The molecule has 2 atom stereocenters. The summed E-state index contributed by atoms with van der Waals surface area (Å²) in [7, 11) is 0. The maximum absolute atomic E-state index is 12.4. The number of Topliss-reactive ketones (excluding diaryl/α,β-unsaturated/α-hetero) is 1. The molecule has 0 saturated carbocycles. The maximum atomic E-state index is 12.4. The van der Waals surface area contributed by atoms with Crippen LogP contribution < -0.4 is 5.32 Å². The maximum Gasteiger partial charge on any atom is 0.169 e. The second-order valence-corrected chi connectivity index (χ2v) is 5.02. The van der Waals surface area contributed by atoms with Crippen LogP contribution in [0, 0.1) is 5.92 Å². The van der Waals surface area contributed by atoms with E-state index in [1.165, 1.54) is 0 Å². The van der Waals surface area contributed by atoms with Crippen molar-refractivity contribution < 1.29 is 9.53 Å². The lowest BCUT2D eigenvalue weighted by Crippen LogP contribution is -2.39. The number of hydrogen-bond acceptors (Lipinski definition) is 3. The van der Waals surface area contributed by atoms with E-state index in [9.17, 15) is 4.79 Å². The van der Waals surface area contributed by atoms with Crippen LogP contribution in [0.4, 0.5) is 0 Å². The summed E-state index contributed by atoms with van der Waals surface area (Å²) >= 11 is 5.92. The number of ketones is 1. The minimum absolute atomic E-state index is 0.102. The fourth-order valence-corrected chi connectivity index (χ4v) is 2.39. The summed E-state index contributed by atoms with van der Waals surface area (Å²) in [5.41, 5.74) is 0.668. The van der Waals surface area contributed by atoms with Gasteiger partial charge < -0.3 is 10.1 Å². The van der Waals surface area contributed by atoms with Gasteiger partial charge in [-0.3, -0.25) is 4.79 Å². The molecular weight excluding hydrogens is 250 g/mol. The Morgan fingerprint density at radius 2 is 2.33 bits per heavy atom. The van der Waals surface area contributed by atoms with Gasteiger partial charge in [-0.15, -0.1) is 0 Å². The third-order valence-corrected chi connectivity index (χ3v) is 3.42. The van der Waals surface area contributed by atoms with E-state index < -0.39 is 0 Å². The highest BCUT2D eigenvalue weighted by atomic mass is 35.5. The van der Waals surface area contributed by atoms with Crippen molar-refractivity contribution in [2.24, 2.45) is 5.92 Å². The quantitative estimate of drug-likeness (QED) is 0.834. The van der Waals surface area contributed by atoms with Crippen molar-refractivity contribution in [2.45, 2.75) is 19.4 Å². The van der Waals surface area contributed by atoms with Gasteiger partial charge in [0.05, 0.1) is 19.1 Å². The molecule has 0 aromatic heterocycles. The van der Waals surface area contributed by atoms with Crippen molar-refractivity contribution >= 4 is 17.4 Å². The molecule has 1 aliphatic rings. The Hall–Kier alpha value is -0.900. The van der Waals surface area contributed by atoms with Gasteiger partial charge in [-0.1, -0.05) is 30.7 Å². The number of carbonyl (C=O) groups excluding carboxylic acids is 1. The molecule has 4 heteroatoms. The lowest BCUT2D eigenvalue weighted by molar-refractivity contribution is 0.0891. The molecule has 98 valence electrons. The van der Waals surface area contributed by atoms with E-state index in [2.05, 4.69) is 12.2 Å². The molecule has 0 aliphatic carbocycles. The average molecular weight is 268 g/mol. The highest BCUT2D eigenvalue weighted by Gasteiger charge is 2.33. The molecule has 1 heterocycles. The molecule has 3 nitrogen and oxygen atoms in total. The standard InChI is InChI=1S/C14H18ClNO2/c1-2-6-16-13-9-18-8-12(13)14(17)10-4-3-5-11(15)7-10/h3-5,7,12-13,16H,2,6,8-9H2,1H3. The minimum Gasteiger partial charge on any atom is -0.379 e. The first-order chi connectivity index (χ1) is 8.72. The minimum atomic E-state index is -0.102. The SMILES string of the molecule is CCCNC1COCC1C(=O)c1cccc(Cl)c1. The van der Waals surface area contributed by atoms with Gasteiger partial charge in [-0.25, -0.2) is 0 Å². The summed E-state index contributed by atoms with van der Waals surface area (Å²) in [6, 6.07) is 7.23. The number of carbonyl (C=O) groups is 1. The number of ether oxygens (including phenoxy) is 1.